The van der Waals surface area contributed by atoms with Gasteiger partial charge in [-0.3, -0.25) is 9.78 Å². The van der Waals surface area contributed by atoms with E-state index in [1.165, 1.54) is 19.2 Å². The molecule has 1 aliphatic heterocycles. The summed E-state index contributed by atoms with van der Waals surface area (Å²) < 4.78 is 48.5. The zero-order chi connectivity index (χ0) is 30.2. The number of nitrogens with zero attached hydrogens (tertiary/aromatic N) is 3. The van der Waals surface area contributed by atoms with Crippen molar-refractivity contribution in [2.75, 3.05) is 23.9 Å². The van der Waals surface area contributed by atoms with Gasteiger partial charge >= 0.3 is 6.18 Å². The molecule has 2 aromatic heterocycles. The van der Waals surface area contributed by atoms with Gasteiger partial charge in [0.2, 0.25) is 5.91 Å². The summed E-state index contributed by atoms with van der Waals surface area (Å²) >= 11 is 12.4. The van der Waals surface area contributed by atoms with Gasteiger partial charge in [-0.25, -0.2) is 0 Å². The highest BCUT2D eigenvalue weighted by Crippen LogP contribution is 2.45. The minimum atomic E-state index is -4.53. The van der Waals surface area contributed by atoms with Gasteiger partial charge in [0.1, 0.15) is 6.61 Å². The van der Waals surface area contributed by atoms with Gasteiger partial charge in [0.15, 0.2) is 5.11 Å². The summed E-state index contributed by atoms with van der Waals surface area (Å²) in [5.74, 6) is -0.356. The molecule has 42 heavy (non-hydrogen) atoms. The van der Waals surface area contributed by atoms with Crippen molar-refractivity contribution in [1.82, 2.24) is 14.9 Å². The fourth-order valence-electron chi connectivity index (χ4n) is 5.39. The summed E-state index contributed by atoms with van der Waals surface area (Å²) in [5.41, 5.74) is 3.08. The molecule has 1 aliphatic rings. The van der Waals surface area contributed by atoms with Crippen molar-refractivity contribution in [3.8, 4) is 5.69 Å². The van der Waals surface area contributed by atoms with Crippen molar-refractivity contribution in [1.29, 1.82) is 0 Å². The Kier molecular flexibility index (Phi) is 8.27. The van der Waals surface area contributed by atoms with E-state index >= 15 is 0 Å². The number of pyridine rings is 1. The number of alkyl halides is 3. The van der Waals surface area contributed by atoms with Gasteiger partial charge in [-0.1, -0.05) is 29.8 Å². The molecule has 0 saturated carbocycles. The number of carbonyl (C=O) groups is 1. The van der Waals surface area contributed by atoms with Gasteiger partial charge < -0.3 is 24.8 Å². The van der Waals surface area contributed by atoms with Crippen LogP contribution in [-0.2, 0) is 15.7 Å². The Morgan fingerprint density at radius 1 is 1.12 bits per heavy atom. The fraction of sp³-hybridized carbons (Fsp3) is 0.233. The average molecular weight is 614 g/mol. The maximum absolute atomic E-state index is 14.0. The van der Waals surface area contributed by atoms with E-state index in [0.717, 1.165) is 11.6 Å². The standard InChI is InChI=1S/C30H27ClF3N5O2S/c1-17-14-20(18(2)38(17)25-10-5-4-8-21(25)30(32,33)34)28-27(24-9-6-7-13-35-24)37-29(42)39(28)19-11-12-23(22(31)15-19)36-26(40)16-41-3/h4-15,27-28H,16H2,1-3H3,(H,36,40)(H,37,42). The molecule has 1 saturated heterocycles. The quantitative estimate of drug-likeness (QED) is 0.221. The predicted molar refractivity (Wildman–Crippen MR) is 160 cm³/mol. The topological polar surface area (TPSA) is 71.4 Å². The number of benzene rings is 2. The third kappa shape index (κ3) is 5.59. The first-order chi connectivity index (χ1) is 20.0. The third-order valence-electron chi connectivity index (χ3n) is 7.12. The Hall–Kier alpha value is -3.93. The van der Waals surface area contributed by atoms with E-state index in [0.29, 0.717) is 33.6 Å². The van der Waals surface area contributed by atoms with Gasteiger partial charge in [-0.05, 0) is 80.2 Å². The first-order valence-electron chi connectivity index (χ1n) is 13.0. The first kappa shape index (κ1) is 29.6. The number of hydrogen-bond acceptors (Lipinski definition) is 4. The lowest BCUT2D eigenvalue weighted by atomic mass is 9.96. The Bertz CT molecular complexity index is 1640. The van der Waals surface area contributed by atoms with Crippen LogP contribution in [0.2, 0.25) is 5.02 Å². The molecular weight excluding hydrogens is 587 g/mol. The molecule has 2 aromatic carbocycles. The van der Waals surface area contributed by atoms with E-state index in [1.807, 2.05) is 23.1 Å². The molecule has 7 nitrogen and oxygen atoms in total. The number of aromatic nitrogens is 2. The number of carbonyl (C=O) groups excluding carboxylic acids is 1. The Labute approximate surface area is 251 Å². The van der Waals surface area contributed by atoms with Crippen LogP contribution in [0.25, 0.3) is 5.69 Å². The molecule has 0 bridgehead atoms. The van der Waals surface area contributed by atoms with Crippen LogP contribution in [0.5, 0.6) is 0 Å². The molecule has 0 spiro atoms. The second-order valence-electron chi connectivity index (χ2n) is 9.82. The van der Waals surface area contributed by atoms with Crippen molar-refractivity contribution in [3.63, 3.8) is 0 Å². The van der Waals surface area contributed by atoms with Crippen molar-refractivity contribution in [2.24, 2.45) is 0 Å². The van der Waals surface area contributed by atoms with E-state index in [1.54, 1.807) is 54.9 Å². The third-order valence-corrected chi connectivity index (χ3v) is 7.74. The molecule has 12 heteroatoms. The van der Waals surface area contributed by atoms with E-state index < -0.39 is 23.8 Å². The van der Waals surface area contributed by atoms with E-state index in [2.05, 4.69) is 15.6 Å². The Balaban J connectivity index is 1.64. The van der Waals surface area contributed by atoms with Crippen LogP contribution < -0.4 is 15.5 Å². The minimum absolute atomic E-state index is 0.0416. The highest BCUT2D eigenvalue weighted by atomic mass is 35.5. The maximum Gasteiger partial charge on any atom is 0.418 e. The van der Waals surface area contributed by atoms with Crippen LogP contribution in [0.15, 0.2) is 72.9 Å². The van der Waals surface area contributed by atoms with Crippen molar-refractivity contribution in [2.45, 2.75) is 32.1 Å². The summed E-state index contributed by atoms with van der Waals surface area (Å²) in [4.78, 5) is 18.5. The number of nitrogens with one attached hydrogen (secondary N) is 2. The zero-order valence-electron chi connectivity index (χ0n) is 22.9. The molecule has 2 unspecified atom stereocenters. The molecule has 2 atom stereocenters. The monoisotopic (exact) mass is 613 g/mol. The molecule has 1 fully saturated rings. The number of anilines is 2. The molecule has 0 radical (unpaired) electrons. The van der Waals surface area contributed by atoms with E-state index in [-0.39, 0.29) is 23.2 Å². The molecule has 5 rings (SSSR count). The molecule has 0 aliphatic carbocycles. The summed E-state index contributed by atoms with van der Waals surface area (Å²) in [6, 6.07) is 17.2. The minimum Gasteiger partial charge on any atom is -0.375 e. The summed E-state index contributed by atoms with van der Waals surface area (Å²) in [6.07, 6.45) is -2.85. The molecule has 2 N–H and O–H groups in total. The second-order valence-corrected chi connectivity index (χ2v) is 10.6. The Morgan fingerprint density at radius 2 is 1.86 bits per heavy atom. The molecular formula is C30H27ClF3N5O2S. The number of amides is 1. The number of rotatable bonds is 7. The highest BCUT2D eigenvalue weighted by molar-refractivity contribution is 7.80. The Morgan fingerprint density at radius 3 is 2.52 bits per heavy atom. The molecule has 4 aromatic rings. The number of halogens is 4. The second kappa shape index (κ2) is 11.7. The highest BCUT2D eigenvalue weighted by Gasteiger charge is 2.43. The number of hydrogen-bond donors (Lipinski definition) is 2. The molecule has 218 valence electrons. The van der Waals surface area contributed by atoms with Crippen molar-refractivity contribution >= 4 is 46.2 Å². The SMILES string of the molecule is COCC(=O)Nc1ccc(N2C(=S)NC(c3ccccn3)C2c2cc(C)n(-c3ccccc3C(F)(F)F)c2C)cc1Cl. The van der Waals surface area contributed by atoms with E-state index in [4.69, 9.17) is 28.6 Å². The lowest BCUT2D eigenvalue weighted by molar-refractivity contribution is -0.137. The zero-order valence-corrected chi connectivity index (χ0v) is 24.4. The van der Waals surface area contributed by atoms with Crippen molar-refractivity contribution < 1.29 is 22.7 Å². The number of methoxy groups -OCH3 is 1. The lowest BCUT2D eigenvalue weighted by Crippen LogP contribution is -2.29. The largest absolute Gasteiger partial charge is 0.418 e. The van der Waals surface area contributed by atoms with Crippen molar-refractivity contribution in [3.05, 3.63) is 106 Å². The number of para-hydroxylation sites is 1. The predicted octanol–water partition coefficient (Wildman–Crippen LogP) is 6.92. The summed E-state index contributed by atoms with van der Waals surface area (Å²) in [6.45, 7) is 3.45. The fourth-order valence-corrected chi connectivity index (χ4v) is 5.96. The van der Waals surface area contributed by atoms with Crippen LogP contribution in [0.3, 0.4) is 0 Å². The van der Waals surface area contributed by atoms with Gasteiger partial charge in [0.05, 0.1) is 39.7 Å². The normalized spacial score (nSPS) is 16.9. The number of aryl methyl sites for hydroxylation is 1. The lowest BCUT2D eigenvalue weighted by Gasteiger charge is -2.28. The van der Waals surface area contributed by atoms with E-state index in [9.17, 15) is 18.0 Å². The van der Waals surface area contributed by atoms with Crippen LogP contribution in [0.1, 0.15) is 40.3 Å². The van der Waals surface area contributed by atoms with Gasteiger partial charge in [0.25, 0.3) is 0 Å². The summed E-state index contributed by atoms with van der Waals surface area (Å²) in [7, 11) is 1.42. The number of ether oxygens (including phenoxy) is 1. The molecule has 3 heterocycles. The van der Waals surface area contributed by atoms with Crippen LogP contribution in [0, 0.1) is 13.8 Å². The number of thiocarbonyl (C=S) groups is 1. The maximum atomic E-state index is 14.0. The van der Waals surface area contributed by atoms with Gasteiger partial charge in [0, 0.05) is 30.4 Å². The van der Waals surface area contributed by atoms with Crippen LogP contribution >= 0.6 is 23.8 Å². The molecule has 1 amide bonds. The first-order valence-corrected chi connectivity index (χ1v) is 13.7. The van der Waals surface area contributed by atoms with Crippen LogP contribution in [-0.4, -0.2) is 34.3 Å². The average Bonchev–Trinajstić information content (AvgIpc) is 3.44. The van der Waals surface area contributed by atoms with Gasteiger partial charge in [-0.2, -0.15) is 13.2 Å². The van der Waals surface area contributed by atoms with Gasteiger partial charge in [-0.15, -0.1) is 0 Å². The smallest absolute Gasteiger partial charge is 0.375 e. The summed E-state index contributed by atoms with van der Waals surface area (Å²) in [5, 5.41) is 6.74. The van der Waals surface area contributed by atoms with Crippen LogP contribution in [0.4, 0.5) is 24.5 Å².